The molecule has 0 amide bonds. The zero-order valence-corrected chi connectivity index (χ0v) is 10.6. The van der Waals surface area contributed by atoms with E-state index in [2.05, 4.69) is 32.0 Å². The van der Waals surface area contributed by atoms with E-state index in [0.29, 0.717) is 11.7 Å². The van der Waals surface area contributed by atoms with Crippen molar-refractivity contribution < 1.29 is 5.11 Å². The molecule has 2 rings (SSSR count). The minimum absolute atomic E-state index is 0.332. The van der Waals surface area contributed by atoms with Crippen LogP contribution in [0.5, 0.6) is 5.75 Å². The highest BCUT2D eigenvalue weighted by molar-refractivity contribution is 5.69. The summed E-state index contributed by atoms with van der Waals surface area (Å²) < 4.78 is 0. The molecule has 0 atom stereocenters. The third-order valence-electron chi connectivity index (χ3n) is 3.08. The predicted molar refractivity (Wildman–Crippen MR) is 72.4 cm³/mol. The molecule has 1 N–H and O–H groups in total. The molecule has 0 aliphatic rings. The Bertz CT molecular complexity index is 513. The van der Waals surface area contributed by atoms with Crippen molar-refractivity contribution in [2.45, 2.75) is 26.7 Å². The molecule has 0 saturated heterocycles. The van der Waals surface area contributed by atoms with Crippen molar-refractivity contribution >= 4 is 0 Å². The second-order valence-electron chi connectivity index (χ2n) is 4.75. The first-order chi connectivity index (χ1) is 8.09. The summed E-state index contributed by atoms with van der Waals surface area (Å²) >= 11 is 0. The van der Waals surface area contributed by atoms with Crippen LogP contribution in [0.4, 0.5) is 0 Å². The summed E-state index contributed by atoms with van der Waals surface area (Å²) in [5, 5.41) is 9.93. The van der Waals surface area contributed by atoms with Gasteiger partial charge >= 0.3 is 0 Å². The van der Waals surface area contributed by atoms with Crippen LogP contribution >= 0.6 is 0 Å². The Balaban J connectivity index is 2.59. The Kier molecular flexibility index (Phi) is 3.19. The molecule has 0 aliphatic carbocycles. The molecular weight excluding hydrogens is 208 g/mol. The van der Waals surface area contributed by atoms with Crippen LogP contribution in [-0.4, -0.2) is 5.11 Å². The van der Waals surface area contributed by atoms with Gasteiger partial charge in [0.15, 0.2) is 0 Å². The van der Waals surface area contributed by atoms with Gasteiger partial charge in [-0.25, -0.2) is 0 Å². The largest absolute Gasteiger partial charge is 0.508 e. The number of hydrogen-bond donors (Lipinski definition) is 1. The fraction of sp³-hybridized carbons (Fsp3) is 0.250. The normalized spacial score (nSPS) is 10.8. The fourth-order valence-electron chi connectivity index (χ4n) is 2.10. The second-order valence-corrected chi connectivity index (χ2v) is 4.75. The number of benzene rings is 2. The van der Waals surface area contributed by atoms with Crippen molar-refractivity contribution in [3.8, 4) is 16.9 Å². The van der Waals surface area contributed by atoms with Gasteiger partial charge in [-0.15, -0.1) is 0 Å². The molecule has 0 saturated carbocycles. The third-order valence-corrected chi connectivity index (χ3v) is 3.08. The van der Waals surface area contributed by atoms with Crippen LogP contribution in [-0.2, 0) is 0 Å². The molecule has 0 spiro atoms. The van der Waals surface area contributed by atoms with Crippen molar-refractivity contribution in [2.75, 3.05) is 0 Å². The lowest BCUT2D eigenvalue weighted by Gasteiger charge is -2.13. The zero-order valence-electron chi connectivity index (χ0n) is 10.6. The van der Waals surface area contributed by atoms with E-state index in [1.54, 1.807) is 0 Å². The quantitative estimate of drug-likeness (QED) is 0.799. The number of aromatic hydroxyl groups is 1. The summed E-state index contributed by atoms with van der Waals surface area (Å²) in [5.41, 5.74) is 4.52. The molecule has 0 bridgehead atoms. The molecule has 1 heteroatoms. The number of aryl methyl sites for hydroxylation is 1. The Hall–Kier alpha value is -1.76. The number of phenols is 1. The molecule has 88 valence electrons. The first-order valence-electron chi connectivity index (χ1n) is 5.98. The Morgan fingerprint density at radius 1 is 1.00 bits per heavy atom. The third kappa shape index (κ3) is 2.33. The van der Waals surface area contributed by atoms with Gasteiger partial charge < -0.3 is 5.11 Å². The van der Waals surface area contributed by atoms with Gasteiger partial charge in [-0.2, -0.15) is 0 Å². The van der Waals surface area contributed by atoms with Gasteiger partial charge in [0.2, 0.25) is 0 Å². The molecule has 0 unspecified atom stereocenters. The smallest absolute Gasteiger partial charge is 0.119 e. The van der Waals surface area contributed by atoms with Crippen molar-refractivity contribution in [3.63, 3.8) is 0 Å². The monoisotopic (exact) mass is 226 g/mol. The van der Waals surface area contributed by atoms with E-state index >= 15 is 0 Å². The first kappa shape index (κ1) is 11.7. The first-order valence-corrected chi connectivity index (χ1v) is 5.98. The van der Waals surface area contributed by atoms with E-state index in [9.17, 15) is 5.11 Å². The number of rotatable bonds is 2. The lowest BCUT2D eigenvalue weighted by atomic mass is 9.93. The maximum Gasteiger partial charge on any atom is 0.119 e. The van der Waals surface area contributed by atoms with Crippen molar-refractivity contribution in [1.82, 2.24) is 0 Å². The molecule has 2 aromatic rings. The Labute approximate surface area is 103 Å². The molecule has 0 heterocycles. The van der Waals surface area contributed by atoms with Gasteiger partial charge in [0.1, 0.15) is 5.75 Å². The van der Waals surface area contributed by atoms with E-state index in [-0.39, 0.29) is 0 Å². The summed E-state index contributed by atoms with van der Waals surface area (Å²) in [4.78, 5) is 0. The Morgan fingerprint density at radius 3 is 2.24 bits per heavy atom. The van der Waals surface area contributed by atoms with Gasteiger partial charge in [0.25, 0.3) is 0 Å². The maximum atomic E-state index is 9.93. The molecule has 17 heavy (non-hydrogen) atoms. The molecule has 0 fully saturated rings. The van der Waals surface area contributed by atoms with Crippen molar-refractivity contribution in [2.24, 2.45) is 0 Å². The number of phenolic OH excluding ortho intramolecular Hbond substituents is 1. The standard InChI is InChI=1S/C16H18O/c1-11(2)14-10-15(12(3)9-16(14)17)13-7-5-4-6-8-13/h4-11,17H,1-3H3. The topological polar surface area (TPSA) is 20.2 Å². The van der Waals surface area contributed by atoms with Crippen LogP contribution in [0.2, 0.25) is 0 Å². The van der Waals surface area contributed by atoms with Gasteiger partial charge in [-0.3, -0.25) is 0 Å². The molecule has 1 nitrogen and oxygen atoms in total. The van der Waals surface area contributed by atoms with E-state index < -0.39 is 0 Å². The summed E-state index contributed by atoms with van der Waals surface area (Å²) in [5.74, 6) is 0.732. The van der Waals surface area contributed by atoms with Crippen LogP contribution in [0.3, 0.4) is 0 Å². The molecular formula is C16H18O. The molecule has 2 aromatic carbocycles. The highest BCUT2D eigenvalue weighted by Crippen LogP contribution is 2.33. The summed E-state index contributed by atoms with van der Waals surface area (Å²) in [6.07, 6.45) is 0. The lowest BCUT2D eigenvalue weighted by molar-refractivity contribution is 0.464. The van der Waals surface area contributed by atoms with Crippen molar-refractivity contribution in [3.05, 3.63) is 53.6 Å². The van der Waals surface area contributed by atoms with Crippen molar-refractivity contribution in [1.29, 1.82) is 0 Å². The lowest BCUT2D eigenvalue weighted by Crippen LogP contribution is -1.92. The molecule has 0 radical (unpaired) electrons. The predicted octanol–water partition coefficient (Wildman–Crippen LogP) is 4.49. The average Bonchev–Trinajstić information content (AvgIpc) is 2.29. The van der Waals surface area contributed by atoms with Crippen LogP contribution in [0.1, 0.15) is 30.9 Å². The molecule has 0 aromatic heterocycles. The van der Waals surface area contributed by atoms with E-state index in [4.69, 9.17) is 0 Å². The van der Waals surface area contributed by atoms with Crippen LogP contribution in [0, 0.1) is 6.92 Å². The van der Waals surface area contributed by atoms with Crippen LogP contribution in [0.15, 0.2) is 42.5 Å². The SMILES string of the molecule is Cc1cc(O)c(C(C)C)cc1-c1ccccc1. The summed E-state index contributed by atoms with van der Waals surface area (Å²) in [6, 6.07) is 14.3. The summed E-state index contributed by atoms with van der Waals surface area (Å²) in [7, 11) is 0. The van der Waals surface area contributed by atoms with E-state index in [1.807, 2.05) is 31.2 Å². The van der Waals surface area contributed by atoms with Gasteiger partial charge in [0.05, 0.1) is 0 Å². The van der Waals surface area contributed by atoms with Gasteiger partial charge in [0, 0.05) is 0 Å². The fourth-order valence-corrected chi connectivity index (χ4v) is 2.10. The van der Waals surface area contributed by atoms with E-state index in [0.717, 1.165) is 11.1 Å². The van der Waals surface area contributed by atoms with Gasteiger partial charge in [-0.1, -0.05) is 44.2 Å². The maximum absolute atomic E-state index is 9.93. The number of hydrogen-bond acceptors (Lipinski definition) is 1. The molecule has 0 aliphatic heterocycles. The van der Waals surface area contributed by atoms with Crippen LogP contribution in [0.25, 0.3) is 11.1 Å². The Morgan fingerprint density at radius 2 is 1.65 bits per heavy atom. The minimum atomic E-state index is 0.332. The van der Waals surface area contributed by atoms with E-state index in [1.165, 1.54) is 11.1 Å². The van der Waals surface area contributed by atoms with Gasteiger partial charge in [-0.05, 0) is 47.2 Å². The average molecular weight is 226 g/mol. The zero-order chi connectivity index (χ0) is 12.4. The minimum Gasteiger partial charge on any atom is -0.508 e. The summed E-state index contributed by atoms with van der Waals surface area (Å²) in [6.45, 7) is 6.23. The highest BCUT2D eigenvalue weighted by atomic mass is 16.3. The second kappa shape index (κ2) is 4.62. The highest BCUT2D eigenvalue weighted by Gasteiger charge is 2.10. The van der Waals surface area contributed by atoms with Crippen LogP contribution < -0.4 is 0 Å².